The van der Waals surface area contributed by atoms with Crippen LogP contribution in [0.5, 0.6) is 0 Å². The van der Waals surface area contributed by atoms with Crippen molar-refractivity contribution in [3.8, 4) is 0 Å². The van der Waals surface area contributed by atoms with Crippen molar-refractivity contribution in [3.63, 3.8) is 0 Å². The summed E-state index contributed by atoms with van der Waals surface area (Å²) in [5.41, 5.74) is 3.69. The van der Waals surface area contributed by atoms with Crippen LogP contribution in [0.15, 0.2) is 32.9 Å². The predicted molar refractivity (Wildman–Crippen MR) is 155 cm³/mol. The highest BCUT2D eigenvalue weighted by Crippen LogP contribution is 2.47. The van der Waals surface area contributed by atoms with Crippen LogP contribution in [-0.2, 0) is 20.9 Å². The maximum Gasteiger partial charge on any atom is 0.323 e. The molecule has 2 N–H and O–H groups in total. The first-order chi connectivity index (χ1) is 18.0. The highest BCUT2D eigenvalue weighted by molar-refractivity contribution is 8.30. The maximum absolute atomic E-state index is 13.5. The molecule has 0 saturated carbocycles. The molecule has 0 unspecified atom stereocenters. The van der Waals surface area contributed by atoms with E-state index >= 15 is 0 Å². The number of nitrogens with zero attached hydrogens (tertiary/aromatic N) is 3. The van der Waals surface area contributed by atoms with Crippen molar-refractivity contribution in [2.24, 2.45) is 0 Å². The molecular weight excluding hydrogens is 567 g/mol. The molecule has 1 aromatic heterocycles. The summed E-state index contributed by atoms with van der Waals surface area (Å²) in [7, 11) is 0. The summed E-state index contributed by atoms with van der Waals surface area (Å²) >= 11 is 8.71. The highest BCUT2D eigenvalue weighted by atomic mass is 32.2. The number of thiazole rings is 1. The molecule has 1 amide bonds. The third-order valence-corrected chi connectivity index (χ3v) is 10.1. The van der Waals surface area contributed by atoms with Gasteiger partial charge in [0.1, 0.15) is 27.0 Å². The largest absolute Gasteiger partial charge is 0.480 e. The summed E-state index contributed by atoms with van der Waals surface area (Å²) < 4.78 is 1.59. The minimum absolute atomic E-state index is 0.0442. The first-order valence-corrected chi connectivity index (χ1v) is 14.5. The molecule has 4 rings (SSSR count). The van der Waals surface area contributed by atoms with Crippen molar-refractivity contribution in [1.29, 1.82) is 0 Å². The molecule has 9 nitrogen and oxygen atoms in total. The standard InChI is InChI=1S/C25H25N3O6S4/c1-5-14(9-17-26(6-2)15-7-12(3)13(4)8-16(15)36-17)20-22(33)27(10-18(29)30)24(37-20)21-23(34)28(11-19(31)32)25(35)38-21/h7-9H,5-6,10-11H2,1-4H3,(H,29,30)(H,31,32)/b17-9+,20-14+,24-21+. The lowest BCUT2D eigenvalue weighted by atomic mass is 10.1. The quantitative estimate of drug-likeness (QED) is 0.465. The predicted octanol–water partition coefficient (Wildman–Crippen LogP) is 2.70. The number of rotatable bonds is 7. The molecule has 1 aromatic carbocycles. The van der Waals surface area contributed by atoms with Gasteiger partial charge in [0.05, 0.1) is 15.2 Å². The summed E-state index contributed by atoms with van der Waals surface area (Å²) in [5, 5.41) is 19.6. The smallest absolute Gasteiger partial charge is 0.323 e. The van der Waals surface area contributed by atoms with E-state index in [1.54, 1.807) is 11.8 Å². The van der Waals surface area contributed by atoms with E-state index in [-0.39, 0.29) is 13.9 Å². The fraction of sp³-hybridized carbons (Fsp3) is 0.320. The third-order valence-electron chi connectivity index (χ3n) is 6.15. The molecule has 0 radical (unpaired) electrons. The Bertz CT molecular complexity index is 1600. The second-order valence-electron chi connectivity index (χ2n) is 8.62. The van der Waals surface area contributed by atoms with Gasteiger partial charge in [-0.1, -0.05) is 42.7 Å². The molecule has 2 aromatic rings. The number of fused-ring (bicyclic) bond motifs is 1. The average molecular weight is 592 g/mol. The molecule has 2 aliphatic rings. The minimum atomic E-state index is -1.24. The number of benzene rings is 1. The lowest BCUT2D eigenvalue weighted by Gasteiger charge is -2.19. The second-order valence-corrected chi connectivity index (χ2v) is 12.3. The third kappa shape index (κ3) is 5.20. The number of hydrogen-bond donors (Lipinski definition) is 2. The van der Waals surface area contributed by atoms with Crippen LogP contribution in [-0.4, -0.2) is 54.9 Å². The van der Waals surface area contributed by atoms with Crippen molar-refractivity contribution in [2.45, 2.75) is 45.6 Å². The normalized spacial score (nSPS) is 18.5. The van der Waals surface area contributed by atoms with E-state index in [9.17, 15) is 24.3 Å². The number of carbonyl (C=O) groups is 3. The van der Waals surface area contributed by atoms with Gasteiger partial charge in [-0.25, -0.2) is 0 Å². The first kappa shape index (κ1) is 28.1. The summed E-state index contributed by atoms with van der Waals surface area (Å²) in [6.45, 7) is 7.58. The lowest BCUT2D eigenvalue weighted by molar-refractivity contribution is -0.140. The fourth-order valence-corrected chi connectivity index (χ4v) is 8.03. The van der Waals surface area contributed by atoms with Crippen LogP contribution in [0.25, 0.3) is 10.5 Å². The number of allylic oxidation sites excluding steroid dienone is 1. The van der Waals surface area contributed by atoms with Gasteiger partial charge in [-0.15, -0.1) is 11.3 Å². The van der Waals surface area contributed by atoms with Crippen molar-refractivity contribution in [3.05, 3.63) is 53.9 Å². The molecule has 0 spiro atoms. The Kier molecular flexibility index (Phi) is 8.21. The van der Waals surface area contributed by atoms with Gasteiger partial charge >= 0.3 is 11.9 Å². The van der Waals surface area contributed by atoms with Crippen LogP contribution < -0.4 is 19.7 Å². The summed E-state index contributed by atoms with van der Waals surface area (Å²) in [6, 6.07) is 4.31. The van der Waals surface area contributed by atoms with E-state index in [0.717, 1.165) is 54.7 Å². The van der Waals surface area contributed by atoms with Crippen molar-refractivity contribution >= 4 is 85.4 Å². The van der Waals surface area contributed by atoms with Gasteiger partial charge in [0.15, 0.2) is 0 Å². The Labute approximate surface area is 236 Å². The first-order valence-electron chi connectivity index (χ1n) is 11.7. The van der Waals surface area contributed by atoms with Crippen molar-refractivity contribution < 1.29 is 24.6 Å². The molecule has 2 aliphatic heterocycles. The van der Waals surface area contributed by atoms with Crippen molar-refractivity contribution in [2.75, 3.05) is 18.0 Å². The van der Waals surface area contributed by atoms with Gasteiger partial charge in [0, 0.05) is 11.4 Å². The van der Waals surface area contributed by atoms with Gasteiger partial charge in [-0.2, -0.15) is 0 Å². The van der Waals surface area contributed by atoms with E-state index in [2.05, 4.69) is 37.8 Å². The second kappa shape index (κ2) is 11.1. The molecule has 1 fully saturated rings. The van der Waals surface area contributed by atoms with E-state index < -0.39 is 36.5 Å². The number of aromatic nitrogens is 1. The number of aliphatic carboxylic acids is 2. The molecular formula is C25H25N3O6S4. The fourth-order valence-electron chi connectivity index (χ4n) is 4.12. The van der Waals surface area contributed by atoms with E-state index in [1.807, 2.05) is 13.0 Å². The summed E-state index contributed by atoms with van der Waals surface area (Å²) in [4.78, 5) is 53.7. The highest BCUT2D eigenvalue weighted by Gasteiger charge is 2.35. The van der Waals surface area contributed by atoms with Gasteiger partial charge in [-0.3, -0.25) is 28.6 Å². The number of amides is 1. The number of thioether (sulfide) groups is 2. The van der Waals surface area contributed by atoms with Crippen LogP contribution >= 0.6 is 47.1 Å². The zero-order valence-electron chi connectivity index (χ0n) is 21.1. The van der Waals surface area contributed by atoms with E-state index in [1.165, 1.54) is 11.1 Å². The van der Waals surface area contributed by atoms with Crippen LogP contribution in [0.4, 0.5) is 5.69 Å². The SMILES string of the molecule is CCC(/C=C1/Sc2cc(C)c(C)cc2N1CC)=c1\s/c(=C2/SC(=S)N(CC(=O)O)C2=O)n(CC(=O)O)c1=O. The maximum atomic E-state index is 13.5. The molecule has 200 valence electrons. The molecule has 0 bridgehead atoms. The zero-order chi connectivity index (χ0) is 27.9. The molecule has 3 heterocycles. The van der Waals surface area contributed by atoms with Crippen molar-refractivity contribution in [1.82, 2.24) is 9.47 Å². The molecule has 1 saturated heterocycles. The summed E-state index contributed by atoms with van der Waals surface area (Å²) in [5.74, 6) is -3.12. The van der Waals surface area contributed by atoms with E-state index in [0.29, 0.717) is 16.5 Å². The number of anilines is 1. The average Bonchev–Trinajstić information content (AvgIpc) is 3.44. The Morgan fingerprint density at radius 1 is 1.00 bits per heavy atom. The van der Waals surface area contributed by atoms with Crippen LogP contribution in [0.1, 0.15) is 31.4 Å². The number of thiocarbonyl (C=S) groups is 1. The lowest BCUT2D eigenvalue weighted by Crippen LogP contribution is -2.37. The minimum Gasteiger partial charge on any atom is -0.480 e. The Hall–Kier alpha value is -2.87. The number of carboxylic acids is 2. The van der Waals surface area contributed by atoms with Crippen LogP contribution in [0.2, 0.25) is 0 Å². The van der Waals surface area contributed by atoms with Crippen LogP contribution in [0.3, 0.4) is 0 Å². The molecule has 0 atom stereocenters. The Balaban J connectivity index is 1.93. The number of aryl methyl sites for hydroxylation is 2. The van der Waals surface area contributed by atoms with Gasteiger partial charge in [0.25, 0.3) is 11.5 Å². The molecule has 38 heavy (non-hydrogen) atoms. The monoisotopic (exact) mass is 591 g/mol. The number of carboxylic acid groups (broad SMARTS) is 2. The molecule has 0 aliphatic carbocycles. The van der Waals surface area contributed by atoms with Crippen LogP contribution in [0, 0.1) is 13.8 Å². The van der Waals surface area contributed by atoms with Gasteiger partial charge < -0.3 is 15.1 Å². The molecule has 13 heteroatoms. The number of carbonyl (C=O) groups excluding carboxylic acids is 1. The van der Waals surface area contributed by atoms with E-state index in [4.69, 9.17) is 17.3 Å². The topological polar surface area (TPSA) is 120 Å². The number of hydrogen-bond acceptors (Lipinski definition) is 9. The zero-order valence-corrected chi connectivity index (χ0v) is 24.3. The Morgan fingerprint density at radius 2 is 1.66 bits per heavy atom. The van der Waals surface area contributed by atoms with Gasteiger partial charge in [-0.05, 0) is 62.1 Å². The summed E-state index contributed by atoms with van der Waals surface area (Å²) in [6.07, 6.45) is 2.45. The van der Waals surface area contributed by atoms with Gasteiger partial charge in [0.2, 0.25) is 0 Å². The Morgan fingerprint density at radius 3 is 2.26 bits per heavy atom.